The number of H-pyrrole nitrogens is 1. The molecule has 1 aliphatic rings. The molecule has 1 aromatic rings. The van der Waals surface area contributed by atoms with E-state index in [1.165, 1.54) is 6.07 Å². The standard InChI is InChI=1S/C12H19N3O2/c1-3-13-8-9-7-10(16)15-11(14-9)12(17-2)5-4-6-12/h7,13H,3-6,8H2,1-2H3,(H,14,15,16). The molecule has 0 aliphatic heterocycles. The molecular weight excluding hydrogens is 218 g/mol. The first-order valence-corrected chi connectivity index (χ1v) is 6.07. The van der Waals surface area contributed by atoms with Crippen LogP contribution in [0.4, 0.5) is 0 Å². The van der Waals surface area contributed by atoms with Crippen LogP contribution in [0.3, 0.4) is 0 Å². The summed E-state index contributed by atoms with van der Waals surface area (Å²) in [6.07, 6.45) is 2.98. The van der Waals surface area contributed by atoms with Crippen molar-refractivity contribution in [3.8, 4) is 0 Å². The Labute approximate surface area is 101 Å². The number of ether oxygens (including phenoxy) is 1. The highest BCUT2D eigenvalue weighted by Crippen LogP contribution is 2.42. The number of methoxy groups -OCH3 is 1. The van der Waals surface area contributed by atoms with E-state index in [0.717, 1.165) is 31.5 Å². The average Bonchev–Trinajstić information content (AvgIpc) is 2.25. The molecule has 94 valence electrons. The van der Waals surface area contributed by atoms with Crippen molar-refractivity contribution in [2.24, 2.45) is 0 Å². The number of rotatable bonds is 5. The van der Waals surface area contributed by atoms with Crippen LogP contribution in [0.15, 0.2) is 10.9 Å². The van der Waals surface area contributed by atoms with E-state index in [-0.39, 0.29) is 11.2 Å². The largest absolute Gasteiger partial charge is 0.370 e. The topological polar surface area (TPSA) is 67.0 Å². The molecule has 1 heterocycles. The molecule has 1 aromatic heterocycles. The summed E-state index contributed by atoms with van der Waals surface area (Å²) in [5.74, 6) is 0.673. The number of aromatic nitrogens is 2. The van der Waals surface area contributed by atoms with Crippen molar-refractivity contribution in [3.63, 3.8) is 0 Å². The zero-order valence-corrected chi connectivity index (χ0v) is 10.4. The van der Waals surface area contributed by atoms with Gasteiger partial charge in [-0.3, -0.25) is 4.79 Å². The van der Waals surface area contributed by atoms with Gasteiger partial charge in [-0.1, -0.05) is 6.92 Å². The van der Waals surface area contributed by atoms with Crippen LogP contribution in [0, 0.1) is 0 Å². The van der Waals surface area contributed by atoms with Gasteiger partial charge in [-0.2, -0.15) is 0 Å². The maximum absolute atomic E-state index is 11.6. The molecule has 0 spiro atoms. The summed E-state index contributed by atoms with van der Waals surface area (Å²) in [5, 5.41) is 3.17. The molecule has 5 heteroatoms. The second kappa shape index (κ2) is 4.98. The maximum atomic E-state index is 11.6. The van der Waals surface area contributed by atoms with E-state index in [4.69, 9.17) is 4.74 Å². The van der Waals surface area contributed by atoms with Gasteiger partial charge in [0.15, 0.2) is 0 Å². The van der Waals surface area contributed by atoms with Crippen molar-refractivity contribution >= 4 is 0 Å². The number of nitrogens with one attached hydrogen (secondary N) is 2. The molecule has 1 fully saturated rings. The predicted molar refractivity (Wildman–Crippen MR) is 64.8 cm³/mol. The first-order chi connectivity index (χ1) is 8.20. The van der Waals surface area contributed by atoms with E-state index in [9.17, 15) is 4.79 Å². The van der Waals surface area contributed by atoms with Crippen molar-refractivity contribution in [3.05, 3.63) is 27.9 Å². The van der Waals surface area contributed by atoms with E-state index in [1.807, 2.05) is 6.92 Å². The quantitative estimate of drug-likeness (QED) is 0.798. The Bertz CT molecular complexity index is 432. The third-order valence-corrected chi connectivity index (χ3v) is 3.33. The second-order valence-corrected chi connectivity index (χ2v) is 4.42. The lowest BCUT2D eigenvalue weighted by Gasteiger charge is -2.39. The van der Waals surface area contributed by atoms with E-state index in [1.54, 1.807) is 7.11 Å². The Morgan fingerprint density at radius 3 is 2.88 bits per heavy atom. The molecule has 0 atom stereocenters. The molecule has 0 unspecified atom stereocenters. The van der Waals surface area contributed by atoms with E-state index >= 15 is 0 Å². The van der Waals surface area contributed by atoms with Crippen LogP contribution in [-0.2, 0) is 16.9 Å². The molecule has 0 amide bonds. The highest BCUT2D eigenvalue weighted by Gasteiger charge is 2.41. The van der Waals surface area contributed by atoms with E-state index < -0.39 is 0 Å². The van der Waals surface area contributed by atoms with Crippen molar-refractivity contribution in [2.75, 3.05) is 13.7 Å². The number of hydrogen-bond acceptors (Lipinski definition) is 4. The average molecular weight is 237 g/mol. The highest BCUT2D eigenvalue weighted by molar-refractivity contribution is 5.12. The van der Waals surface area contributed by atoms with E-state index in [0.29, 0.717) is 12.4 Å². The van der Waals surface area contributed by atoms with Gasteiger partial charge < -0.3 is 15.0 Å². The van der Waals surface area contributed by atoms with Crippen LogP contribution in [0.1, 0.15) is 37.7 Å². The normalized spacial score (nSPS) is 17.8. The highest BCUT2D eigenvalue weighted by atomic mass is 16.5. The summed E-state index contributed by atoms with van der Waals surface area (Å²) in [6.45, 7) is 3.50. The van der Waals surface area contributed by atoms with Gasteiger partial charge in [0, 0.05) is 19.7 Å². The lowest BCUT2D eigenvalue weighted by atomic mass is 9.79. The molecule has 0 bridgehead atoms. The van der Waals surface area contributed by atoms with Crippen LogP contribution in [0.25, 0.3) is 0 Å². The molecule has 0 aromatic carbocycles. The van der Waals surface area contributed by atoms with Gasteiger partial charge >= 0.3 is 0 Å². The smallest absolute Gasteiger partial charge is 0.251 e. The molecule has 1 aliphatic carbocycles. The first-order valence-electron chi connectivity index (χ1n) is 6.07. The van der Waals surface area contributed by atoms with Gasteiger partial charge in [-0.15, -0.1) is 0 Å². The fraction of sp³-hybridized carbons (Fsp3) is 0.667. The van der Waals surface area contributed by atoms with Gasteiger partial charge in [-0.25, -0.2) is 4.98 Å². The van der Waals surface area contributed by atoms with Crippen LogP contribution >= 0.6 is 0 Å². The number of aromatic amines is 1. The van der Waals surface area contributed by atoms with Crippen molar-refractivity contribution in [2.45, 2.75) is 38.3 Å². The van der Waals surface area contributed by atoms with Crippen LogP contribution < -0.4 is 10.9 Å². The third-order valence-electron chi connectivity index (χ3n) is 3.33. The Balaban J connectivity index is 2.28. The zero-order valence-electron chi connectivity index (χ0n) is 10.4. The first kappa shape index (κ1) is 12.3. The lowest BCUT2D eigenvalue weighted by molar-refractivity contribution is -0.0849. The fourth-order valence-electron chi connectivity index (χ4n) is 2.10. The predicted octanol–water partition coefficient (Wildman–Crippen LogP) is 0.905. The Hall–Kier alpha value is -1.20. The van der Waals surface area contributed by atoms with Crippen molar-refractivity contribution in [1.82, 2.24) is 15.3 Å². The Morgan fingerprint density at radius 1 is 1.59 bits per heavy atom. The minimum Gasteiger partial charge on any atom is -0.370 e. The van der Waals surface area contributed by atoms with Gasteiger partial charge in [-0.05, 0) is 25.8 Å². The van der Waals surface area contributed by atoms with Crippen LogP contribution in [0.5, 0.6) is 0 Å². The molecule has 0 radical (unpaired) electrons. The Kier molecular flexibility index (Phi) is 3.59. The molecule has 0 saturated heterocycles. The second-order valence-electron chi connectivity index (χ2n) is 4.42. The summed E-state index contributed by atoms with van der Waals surface area (Å²) >= 11 is 0. The maximum Gasteiger partial charge on any atom is 0.251 e. The lowest BCUT2D eigenvalue weighted by Crippen LogP contribution is -2.39. The summed E-state index contributed by atoms with van der Waals surface area (Å²) in [6, 6.07) is 1.54. The summed E-state index contributed by atoms with van der Waals surface area (Å²) in [7, 11) is 1.68. The molecule has 2 rings (SSSR count). The minimum absolute atomic E-state index is 0.105. The fourth-order valence-corrected chi connectivity index (χ4v) is 2.10. The third kappa shape index (κ3) is 2.40. The SMILES string of the molecule is CCNCc1cc(=O)[nH]c(C2(OC)CCC2)n1. The van der Waals surface area contributed by atoms with Crippen LogP contribution in [0.2, 0.25) is 0 Å². The molecule has 17 heavy (non-hydrogen) atoms. The van der Waals surface area contributed by atoms with Gasteiger partial charge in [0.1, 0.15) is 11.4 Å². The molecular formula is C12H19N3O2. The van der Waals surface area contributed by atoms with E-state index in [2.05, 4.69) is 15.3 Å². The summed E-state index contributed by atoms with van der Waals surface area (Å²) < 4.78 is 5.52. The van der Waals surface area contributed by atoms with Crippen molar-refractivity contribution < 1.29 is 4.74 Å². The molecule has 5 nitrogen and oxygen atoms in total. The number of nitrogens with zero attached hydrogens (tertiary/aromatic N) is 1. The minimum atomic E-state index is -0.360. The van der Waals surface area contributed by atoms with Crippen molar-refractivity contribution in [1.29, 1.82) is 0 Å². The monoisotopic (exact) mass is 237 g/mol. The molecule has 1 saturated carbocycles. The zero-order chi connectivity index (χ0) is 12.3. The number of hydrogen-bond donors (Lipinski definition) is 2. The van der Waals surface area contributed by atoms with Crippen LogP contribution in [-0.4, -0.2) is 23.6 Å². The van der Waals surface area contributed by atoms with Gasteiger partial charge in [0.2, 0.25) is 0 Å². The Morgan fingerprint density at radius 2 is 2.35 bits per heavy atom. The summed E-state index contributed by atoms with van der Waals surface area (Å²) in [4.78, 5) is 18.9. The summed E-state index contributed by atoms with van der Waals surface area (Å²) in [5.41, 5.74) is 0.307. The van der Waals surface area contributed by atoms with Gasteiger partial charge in [0.25, 0.3) is 5.56 Å². The molecule has 2 N–H and O–H groups in total. The van der Waals surface area contributed by atoms with Gasteiger partial charge in [0.05, 0.1) is 5.69 Å².